The van der Waals surface area contributed by atoms with Crippen LogP contribution in [0.15, 0.2) is 53.0 Å². The highest BCUT2D eigenvalue weighted by atomic mass is 79.9. The van der Waals surface area contributed by atoms with Gasteiger partial charge in [0, 0.05) is 4.47 Å². The Bertz CT molecular complexity index is 569. The van der Waals surface area contributed by atoms with E-state index in [2.05, 4.69) is 15.9 Å². The molecule has 2 rings (SSSR count). The number of hydrogen-bond acceptors (Lipinski definition) is 2. The van der Waals surface area contributed by atoms with E-state index in [0.29, 0.717) is 17.9 Å². The number of carbonyl (C=O) groups excluding carboxylic acids is 1. The highest BCUT2D eigenvalue weighted by Gasteiger charge is 2.08. The third-order valence-electron chi connectivity index (χ3n) is 2.44. The van der Waals surface area contributed by atoms with Crippen LogP contribution in [-0.2, 0) is 6.61 Å². The fourth-order valence-corrected chi connectivity index (χ4v) is 2.03. The third-order valence-corrected chi connectivity index (χ3v) is 2.93. The van der Waals surface area contributed by atoms with Gasteiger partial charge in [0.2, 0.25) is 0 Å². The van der Waals surface area contributed by atoms with E-state index in [1.807, 2.05) is 30.3 Å². The first kappa shape index (κ1) is 12.6. The lowest BCUT2D eigenvalue weighted by Crippen LogP contribution is -2.12. The number of para-hydroxylation sites is 1. The van der Waals surface area contributed by atoms with Gasteiger partial charge in [-0.1, -0.05) is 40.2 Å². The van der Waals surface area contributed by atoms with Crippen molar-refractivity contribution < 1.29 is 9.53 Å². The number of ether oxygens (including phenoxy) is 1. The average molecular weight is 306 g/mol. The van der Waals surface area contributed by atoms with Crippen molar-refractivity contribution in [2.45, 2.75) is 6.61 Å². The standard InChI is InChI=1S/C14H12BrNO2/c15-11-5-3-4-10(8-11)9-18-13-7-2-1-6-12(13)14(16)17/h1-8H,9H2,(H2,16,17). The minimum absolute atomic E-state index is 0.393. The summed E-state index contributed by atoms with van der Waals surface area (Å²) >= 11 is 3.40. The number of halogens is 1. The first-order valence-corrected chi connectivity index (χ1v) is 6.22. The molecular weight excluding hydrogens is 294 g/mol. The normalized spacial score (nSPS) is 10.1. The van der Waals surface area contributed by atoms with Gasteiger partial charge in [0.1, 0.15) is 12.4 Å². The molecule has 0 heterocycles. The molecule has 0 aromatic heterocycles. The van der Waals surface area contributed by atoms with Gasteiger partial charge >= 0.3 is 0 Å². The van der Waals surface area contributed by atoms with Crippen molar-refractivity contribution >= 4 is 21.8 Å². The zero-order valence-electron chi connectivity index (χ0n) is 9.60. The molecule has 0 aliphatic rings. The summed E-state index contributed by atoms with van der Waals surface area (Å²) in [5, 5.41) is 0. The second-order valence-electron chi connectivity index (χ2n) is 3.78. The van der Waals surface area contributed by atoms with Gasteiger partial charge in [-0.2, -0.15) is 0 Å². The summed E-state index contributed by atoms with van der Waals surface area (Å²) in [5.74, 6) is 0.0183. The summed E-state index contributed by atoms with van der Waals surface area (Å²) in [6.45, 7) is 0.393. The summed E-state index contributed by atoms with van der Waals surface area (Å²) in [4.78, 5) is 11.2. The lowest BCUT2D eigenvalue weighted by Gasteiger charge is -2.09. The Labute approximate surface area is 114 Å². The largest absolute Gasteiger partial charge is 0.488 e. The molecule has 0 saturated heterocycles. The van der Waals surface area contributed by atoms with Crippen molar-refractivity contribution in [2.24, 2.45) is 5.73 Å². The van der Waals surface area contributed by atoms with Crippen molar-refractivity contribution in [2.75, 3.05) is 0 Å². The Kier molecular flexibility index (Phi) is 3.99. The molecule has 0 fully saturated rings. The Hall–Kier alpha value is -1.81. The Balaban J connectivity index is 2.13. The molecule has 0 spiro atoms. The predicted octanol–water partition coefficient (Wildman–Crippen LogP) is 3.13. The van der Waals surface area contributed by atoms with E-state index in [-0.39, 0.29) is 0 Å². The molecule has 92 valence electrons. The van der Waals surface area contributed by atoms with Gasteiger partial charge < -0.3 is 10.5 Å². The molecule has 3 nitrogen and oxygen atoms in total. The van der Waals surface area contributed by atoms with E-state index < -0.39 is 5.91 Å². The van der Waals surface area contributed by atoms with Gasteiger partial charge in [-0.05, 0) is 29.8 Å². The van der Waals surface area contributed by atoms with Crippen molar-refractivity contribution in [3.63, 3.8) is 0 Å². The summed E-state index contributed by atoms with van der Waals surface area (Å²) in [7, 11) is 0. The fourth-order valence-electron chi connectivity index (χ4n) is 1.58. The van der Waals surface area contributed by atoms with Gasteiger partial charge in [-0.25, -0.2) is 0 Å². The molecule has 0 radical (unpaired) electrons. The predicted molar refractivity (Wildman–Crippen MR) is 73.4 cm³/mol. The van der Waals surface area contributed by atoms with Crippen LogP contribution in [0.25, 0.3) is 0 Å². The van der Waals surface area contributed by atoms with Crippen molar-refractivity contribution in [1.82, 2.24) is 0 Å². The van der Waals surface area contributed by atoms with Gasteiger partial charge in [0.25, 0.3) is 5.91 Å². The molecule has 0 bridgehead atoms. The third kappa shape index (κ3) is 3.11. The lowest BCUT2D eigenvalue weighted by molar-refractivity contribution is 0.0996. The highest BCUT2D eigenvalue weighted by Crippen LogP contribution is 2.19. The molecule has 0 atom stereocenters. The van der Waals surface area contributed by atoms with Crippen LogP contribution in [0.4, 0.5) is 0 Å². The van der Waals surface area contributed by atoms with Crippen LogP contribution in [0, 0.1) is 0 Å². The summed E-state index contributed by atoms with van der Waals surface area (Å²) in [6.07, 6.45) is 0. The average Bonchev–Trinajstić information content (AvgIpc) is 2.37. The van der Waals surface area contributed by atoms with Gasteiger partial charge in [0.05, 0.1) is 5.56 Å². The minimum Gasteiger partial charge on any atom is -0.488 e. The number of carbonyl (C=O) groups is 1. The van der Waals surface area contributed by atoms with Crippen LogP contribution in [0.2, 0.25) is 0 Å². The monoisotopic (exact) mass is 305 g/mol. The Morgan fingerprint density at radius 2 is 1.94 bits per heavy atom. The van der Waals surface area contributed by atoms with Crippen molar-refractivity contribution in [3.8, 4) is 5.75 Å². The van der Waals surface area contributed by atoms with Crippen LogP contribution in [-0.4, -0.2) is 5.91 Å². The fraction of sp³-hybridized carbons (Fsp3) is 0.0714. The van der Waals surface area contributed by atoms with Crippen molar-refractivity contribution in [1.29, 1.82) is 0 Å². The van der Waals surface area contributed by atoms with E-state index in [9.17, 15) is 4.79 Å². The number of benzene rings is 2. The van der Waals surface area contributed by atoms with Gasteiger partial charge in [-0.3, -0.25) is 4.79 Å². The molecule has 0 unspecified atom stereocenters. The molecule has 0 aliphatic heterocycles. The smallest absolute Gasteiger partial charge is 0.252 e. The van der Waals surface area contributed by atoms with E-state index >= 15 is 0 Å². The van der Waals surface area contributed by atoms with Crippen LogP contribution in [0.1, 0.15) is 15.9 Å². The molecular formula is C14H12BrNO2. The first-order valence-electron chi connectivity index (χ1n) is 5.43. The molecule has 1 amide bonds. The highest BCUT2D eigenvalue weighted by molar-refractivity contribution is 9.10. The second-order valence-corrected chi connectivity index (χ2v) is 4.69. The van der Waals surface area contributed by atoms with E-state index in [1.54, 1.807) is 18.2 Å². The van der Waals surface area contributed by atoms with Crippen LogP contribution in [0.5, 0.6) is 5.75 Å². The van der Waals surface area contributed by atoms with E-state index in [0.717, 1.165) is 10.0 Å². The van der Waals surface area contributed by atoms with Crippen LogP contribution >= 0.6 is 15.9 Å². The number of hydrogen-bond donors (Lipinski definition) is 1. The molecule has 18 heavy (non-hydrogen) atoms. The summed E-state index contributed by atoms with van der Waals surface area (Å²) < 4.78 is 6.61. The Morgan fingerprint density at radius 1 is 1.17 bits per heavy atom. The lowest BCUT2D eigenvalue weighted by atomic mass is 10.2. The maximum Gasteiger partial charge on any atom is 0.252 e. The van der Waals surface area contributed by atoms with Gasteiger partial charge in [0.15, 0.2) is 0 Å². The number of primary amides is 1. The van der Waals surface area contributed by atoms with Crippen LogP contribution < -0.4 is 10.5 Å². The number of rotatable bonds is 4. The molecule has 4 heteroatoms. The van der Waals surface area contributed by atoms with Crippen molar-refractivity contribution in [3.05, 3.63) is 64.1 Å². The first-order chi connectivity index (χ1) is 8.66. The summed E-state index contributed by atoms with van der Waals surface area (Å²) in [5.41, 5.74) is 6.69. The second kappa shape index (κ2) is 5.69. The minimum atomic E-state index is -0.486. The maximum absolute atomic E-state index is 11.2. The number of nitrogens with two attached hydrogens (primary N) is 1. The summed E-state index contributed by atoms with van der Waals surface area (Å²) in [6, 6.07) is 14.7. The zero-order chi connectivity index (χ0) is 13.0. The number of amides is 1. The van der Waals surface area contributed by atoms with Gasteiger partial charge in [-0.15, -0.1) is 0 Å². The topological polar surface area (TPSA) is 52.3 Å². The van der Waals surface area contributed by atoms with E-state index in [1.165, 1.54) is 0 Å². The Morgan fingerprint density at radius 3 is 2.67 bits per heavy atom. The quantitative estimate of drug-likeness (QED) is 0.943. The maximum atomic E-state index is 11.2. The van der Waals surface area contributed by atoms with E-state index in [4.69, 9.17) is 10.5 Å². The SMILES string of the molecule is NC(=O)c1ccccc1OCc1cccc(Br)c1. The molecule has 2 aromatic rings. The van der Waals surface area contributed by atoms with Crippen LogP contribution in [0.3, 0.4) is 0 Å². The molecule has 0 saturated carbocycles. The zero-order valence-corrected chi connectivity index (χ0v) is 11.2. The molecule has 0 aliphatic carbocycles. The molecule has 2 aromatic carbocycles. The molecule has 2 N–H and O–H groups in total.